The van der Waals surface area contributed by atoms with Gasteiger partial charge in [-0.3, -0.25) is 14.6 Å². The molecule has 0 aliphatic heterocycles. The fourth-order valence-corrected chi connectivity index (χ4v) is 4.29. The second-order valence-corrected chi connectivity index (χ2v) is 9.58. The highest BCUT2D eigenvalue weighted by Gasteiger charge is 2.21. The van der Waals surface area contributed by atoms with Crippen LogP contribution in [0.15, 0.2) is 36.5 Å². The van der Waals surface area contributed by atoms with Crippen LogP contribution in [0, 0.1) is 19.8 Å². The number of aryl methyl sites for hydroxylation is 2. The maximum absolute atomic E-state index is 12.9. The summed E-state index contributed by atoms with van der Waals surface area (Å²) >= 11 is 0. The van der Waals surface area contributed by atoms with Crippen LogP contribution in [0.5, 0.6) is 0 Å². The molecule has 0 bridgehead atoms. The molecule has 2 unspecified atom stereocenters. The molecule has 0 saturated carbocycles. The zero-order valence-corrected chi connectivity index (χ0v) is 21.2. The van der Waals surface area contributed by atoms with E-state index < -0.39 is 0 Å². The molecule has 0 saturated heterocycles. The molecule has 1 aromatic carbocycles. The molecular formula is C27H40N4O2. The van der Waals surface area contributed by atoms with Gasteiger partial charge in [-0.25, -0.2) is 0 Å². The topological polar surface area (TPSA) is 74.3 Å². The summed E-state index contributed by atoms with van der Waals surface area (Å²) < 4.78 is 0. The van der Waals surface area contributed by atoms with Gasteiger partial charge in [-0.2, -0.15) is 0 Å². The molecule has 2 rings (SSSR count). The summed E-state index contributed by atoms with van der Waals surface area (Å²) in [4.78, 5) is 31.5. The molecule has 2 aromatic rings. The number of pyridine rings is 1. The largest absolute Gasteiger partial charge is 0.355 e. The van der Waals surface area contributed by atoms with Crippen molar-refractivity contribution in [2.75, 3.05) is 27.7 Å². The van der Waals surface area contributed by atoms with Crippen LogP contribution in [0.1, 0.15) is 65.3 Å². The number of hydrogen-bond donors (Lipinski definition) is 2. The van der Waals surface area contributed by atoms with Crippen molar-refractivity contribution in [3.05, 3.63) is 64.5 Å². The summed E-state index contributed by atoms with van der Waals surface area (Å²) in [5, 5.41) is 5.85. The minimum atomic E-state index is -0.0759. The molecule has 1 aromatic heterocycles. The van der Waals surface area contributed by atoms with Gasteiger partial charge in [0.2, 0.25) is 5.91 Å². The second-order valence-electron chi connectivity index (χ2n) is 9.58. The minimum Gasteiger partial charge on any atom is -0.355 e. The monoisotopic (exact) mass is 452 g/mol. The van der Waals surface area contributed by atoms with E-state index >= 15 is 0 Å². The summed E-state index contributed by atoms with van der Waals surface area (Å²) in [6.07, 6.45) is 3.96. The van der Waals surface area contributed by atoms with Crippen LogP contribution in [-0.2, 0) is 11.2 Å². The molecule has 6 heteroatoms. The van der Waals surface area contributed by atoms with Gasteiger partial charge in [0, 0.05) is 49.4 Å². The minimum absolute atomic E-state index is 0.0570. The molecule has 2 amide bonds. The van der Waals surface area contributed by atoms with Crippen molar-refractivity contribution in [3.8, 4) is 0 Å². The number of likely N-dealkylation sites (N-methyl/N-ethyl adjacent to an activating group) is 1. The lowest BCUT2D eigenvalue weighted by atomic mass is 9.90. The van der Waals surface area contributed by atoms with E-state index in [2.05, 4.69) is 34.4 Å². The smallest absolute Gasteiger partial charge is 0.251 e. The normalized spacial score (nSPS) is 13.1. The molecule has 180 valence electrons. The molecule has 0 aliphatic rings. The van der Waals surface area contributed by atoms with E-state index in [9.17, 15) is 9.59 Å². The van der Waals surface area contributed by atoms with Crippen molar-refractivity contribution in [3.63, 3.8) is 0 Å². The lowest BCUT2D eigenvalue weighted by Gasteiger charge is -2.27. The summed E-state index contributed by atoms with van der Waals surface area (Å²) in [6, 6.07) is 9.93. The first-order valence-electron chi connectivity index (χ1n) is 11.8. The van der Waals surface area contributed by atoms with Gasteiger partial charge in [-0.05, 0) is 87.7 Å². The third-order valence-corrected chi connectivity index (χ3v) is 6.18. The second kappa shape index (κ2) is 12.5. The Morgan fingerprint density at radius 2 is 1.76 bits per heavy atom. The number of hydrogen-bond acceptors (Lipinski definition) is 4. The number of amides is 2. The van der Waals surface area contributed by atoms with Crippen molar-refractivity contribution in [2.45, 2.75) is 58.9 Å². The summed E-state index contributed by atoms with van der Waals surface area (Å²) in [5.74, 6) is 0.586. The Balaban J connectivity index is 2.06. The molecule has 2 atom stereocenters. The maximum Gasteiger partial charge on any atom is 0.251 e. The van der Waals surface area contributed by atoms with Crippen LogP contribution in [-0.4, -0.2) is 55.4 Å². The maximum atomic E-state index is 12.9. The van der Waals surface area contributed by atoms with E-state index in [4.69, 9.17) is 0 Å². The Kier molecular flexibility index (Phi) is 10.0. The highest BCUT2D eigenvalue weighted by atomic mass is 16.2. The molecule has 2 N–H and O–H groups in total. The molecule has 1 heterocycles. The first kappa shape index (κ1) is 26.5. The van der Waals surface area contributed by atoms with Gasteiger partial charge in [0.15, 0.2) is 0 Å². The molecule has 0 aliphatic carbocycles. The molecular weight excluding hydrogens is 412 g/mol. The predicted octanol–water partition coefficient (Wildman–Crippen LogP) is 3.87. The number of rotatable bonds is 11. The number of carbonyl (C=O) groups excluding carboxylic acids is 2. The first-order chi connectivity index (χ1) is 15.6. The number of benzene rings is 1. The number of carbonyl (C=O) groups is 2. The molecule has 0 spiro atoms. The van der Waals surface area contributed by atoms with Crippen molar-refractivity contribution in [1.82, 2.24) is 20.5 Å². The Labute approximate surface area is 199 Å². The summed E-state index contributed by atoms with van der Waals surface area (Å²) in [5.41, 5.74) is 5.07. The van der Waals surface area contributed by atoms with Gasteiger partial charge in [0.25, 0.3) is 5.91 Å². The Morgan fingerprint density at radius 3 is 2.27 bits per heavy atom. The molecule has 0 fully saturated rings. The number of aromatic nitrogens is 1. The quantitative estimate of drug-likeness (QED) is 0.543. The van der Waals surface area contributed by atoms with E-state index in [-0.39, 0.29) is 23.8 Å². The van der Waals surface area contributed by atoms with Crippen molar-refractivity contribution in [2.24, 2.45) is 5.92 Å². The third kappa shape index (κ3) is 7.97. The Morgan fingerprint density at radius 1 is 1.09 bits per heavy atom. The van der Waals surface area contributed by atoms with Crippen molar-refractivity contribution < 1.29 is 9.59 Å². The van der Waals surface area contributed by atoms with Crippen LogP contribution in [0.25, 0.3) is 0 Å². The summed E-state index contributed by atoms with van der Waals surface area (Å²) in [7, 11) is 5.72. The van der Waals surface area contributed by atoms with Crippen LogP contribution in [0.2, 0.25) is 0 Å². The SMILES string of the molecule is CNC(=O)c1cc(C)c(CC(CNC(=O)CC(CC(C)C)c2ccccn2)N(C)C)c(C)c1. The van der Waals surface area contributed by atoms with Gasteiger partial charge in [0.05, 0.1) is 0 Å². The highest BCUT2D eigenvalue weighted by Crippen LogP contribution is 2.25. The average Bonchev–Trinajstić information content (AvgIpc) is 2.77. The Hall–Kier alpha value is -2.73. The van der Waals surface area contributed by atoms with Gasteiger partial charge >= 0.3 is 0 Å². The van der Waals surface area contributed by atoms with Gasteiger partial charge < -0.3 is 15.5 Å². The van der Waals surface area contributed by atoms with E-state index in [0.717, 1.165) is 29.7 Å². The first-order valence-corrected chi connectivity index (χ1v) is 11.8. The van der Waals surface area contributed by atoms with Crippen LogP contribution in [0.4, 0.5) is 0 Å². The van der Waals surface area contributed by atoms with Gasteiger partial charge in [0.1, 0.15) is 0 Å². The lowest BCUT2D eigenvalue weighted by Crippen LogP contribution is -2.42. The lowest BCUT2D eigenvalue weighted by molar-refractivity contribution is -0.121. The van der Waals surface area contributed by atoms with Crippen molar-refractivity contribution >= 4 is 11.8 Å². The highest BCUT2D eigenvalue weighted by molar-refractivity contribution is 5.94. The standard InChI is InChI=1S/C27H40N4O2/c1-18(2)12-21(25-10-8-9-11-29-25)15-26(32)30-17-23(31(6)7)16-24-19(3)13-22(14-20(24)4)27(33)28-5/h8-11,13-14,18,21,23H,12,15-17H2,1-7H3,(H,28,33)(H,30,32). The summed E-state index contributed by atoms with van der Waals surface area (Å²) in [6.45, 7) is 9.01. The number of nitrogens with one attached hydrogen (secondary N) is 2. The fraction of sp³-hybridized carbons (Fsp3) is 0.519. The average molecular weight is 453 g/mol. The van der Waals surface area contributed by atoms with Gasteiger partial charge in [-0.1, -0.05) is 19.9 Å². The van der Waals surface area contributed by atoms with Crippen molar-refractivity contribution in [1.29, 1.82) is 0 Å². The Bertz CT molecular complexity index is 902. The molecule has 33 heavy (non-hydrogen) atoms. The molecule has 0 radical (unpaired) electrons. The van der Waals surface area contributed by atoms with Crippen LogP contribution >= 0.6 is 0 Å². The molecule has 6 nitrogen and oxygen atoms in total. The predicted molar refractivity (Wildman–Crippen MR) is 135 cm³/mol. The van der Waals surface area contributed by atoms with Crippen LogP contribution in [0.3, 0.4) is 0 Å². The van der Waals surface area contributed by atoms with E-state index in [1.54, 1.807) is 13.2 Å². The van der Waals surface area contributed by atoms with Gasteiger partial charge in [-0.15, -0.1) is 0 Å². The van der Waals surface area contributed by atoms with E-state index in [0.29, 0.717) is 24.4 Å². The third-order valence-electron chi connectivity index (χ3n) is 6.18. The zero-order valence-electron chi connectivity index (χ0n) is 21.2. The van der Waals surface area contributed by atoms with E-state index in [1.807, 2.05) is 58.3 Å². The zero-order chi connectivity index (χ0) is 24.5. The number of nitrogens with zero attached hydrogens (tertiary/aromatic N) is 2. The van der Waals surface area contributed by atoms with E-state index in [1.165, 1.54) is 5.56 Å². The fourth-order valence-electron chi connectivity index (χ4n) is 4.29. The van der Waals surface area contributed by atoms with Crippen LogP contribution < -0.4 is 10.6 Å².